The quantitative estimate of drug-likeness (QED) is 0.841. The van der Waals surface area contributed by atoms with Gasteiger partial charge in [-0.3, -0.25) is 9.80 Å². The van der Waals surface area contributed by atoms with E-state index in [-0.39, 0.29) is 0 Å². The van der Waals surface area contributed by atoms with Gasteiger partial charge < -0.3 is 4.57 Å². The molecule has 0 unspecified atom stereocenters. The monoisotopic (exact) mass is 297 g/mol. The molecule has 1 aromatic heterocycles. The molecule has 118 valence electrons. The Labute approximate surface area is 133 Å². The zero-order valence-corrected chi connectivity index (χ0v) is 14.0. The lowest BCUT2D eigenvalue weighted by Gasteiger charge is -2.50. The molecule has 0 bridgehead atoms. The van der Waals surface area contributed by atoms with Gasteiger partial charge >= 0.3 is 0 Å². The van der Waals surface area contributed by atoms with Crippen LogP contribution in [0.2, 0.25) is 0 Å². The SMILES string of the molecule is CCN1CCN(CC)[C@H]2c3c(C)c4ccccc4n3CC[C@@H]21. The minimum Gasteiger partial charge on any atom is -0.343 e. The van der Waals surface area contributed by atoms with Crippen LogP contribution in [-0.2, 0) is 6.54 Å². The van der Waals surface area contributed by atoms with Crippen molar-refractivity contribution in [3.8, 4) is 0 Å². The number of para-hydroxylation sites is 1. The molecule has 0 aliphatic carbocycles. The minimum absolute atomic E-state index is 0.569. The highest BCUT2D eigenvalue weighted by atomic mass is 15.3. The highest BCUT2D eigenvalue weighted by molar-refractivity contribution is 5.85. The fourth-order valence-corrected chi connectivity index (χ4v) is 4.83. The van der Waals surface area contributed by atoms with Crippen molar-refractivity contribution in [2.24, 2.45) is 0 Å². The van der Waals surface area contributed by atoms with E-state index >= 15 is 0 Å². The van der Waals surface area contributed by atoms with Gasteiger partial charge in [0.05, 0.1) is 6.04 Å². The van der Waals surface area contributed by atoms with Gasteiger partial charge in [0.25, 0.3) is 0 Å². The Kier molecular flexibility index (Phi) is 3.50. The van der Waals surface area contributed by atoms with E-state index < -0.39 is 0 Å². The summed E-state index contributed by atoms with van der Waals surface area (Å²) in [6.07, 6.45) is 1.28. The van der Waals surface area contributed by atoms with Crippen LogP contribution in [-0.4, -0.2) is 46.6 Å². The smallest absolute Gasteiger partial charge is 0.0661 e. The van der Waals surface area contributed by atoms with E-state index in [1.54, 1.807) is 5.69 Å². The molecule has 2 atom stereocenters. The van der Waals surface area contributed by atoms with E-state index in [4.69, 9.17) is 0 Å². The van der Waals surface area contributed by atoms with Gasteiger partial charge in [0.2, 0.25) is 0 Å². The van der Waals surface area contributed by atoms with Gasteiger partial charge in [0.15, 0.2) is 0 Å². The predicted molar refractivity (Wildman–Crippen MR) is 92.3 cm³/mol. The summed E-state index contributed by atoms with van der Waals surface area (Å²) in [5.41, 5.74) is 4.51. The average molecular weight is 297 g/mol. The fourth-order valence-electron chi connectivity index (χ4n) is 4.83. The summed E-state index contributed by atoms with van der Waals surface area (Å²) >= 11 is 0. The van der Waals surface area contributed by atoms with E-state index in [1.807, 2.05) is 0 Å². The Morgan fingerprint density at radius 3 is 2.50 bits per heavy atom. The van der Waals surface area contributed by atoms with Crippen molar-refractivity contribution >= 4 is 10.9 Å². The minimum atomic E-state index is 0.569. The molecule has 2 aliphatic rings. The first-order valence-electron chi connectivity index (χ1n) is 8.82. The first-order chi connectivity index (χ1) is 10.8. The Morgan fingerprint density at radius 1 is 1.00 bits per heavy atom. The van der Waals surface area contributed by atoms with Crippen LogP contribution in [0.4, 0.5) is 0 Å². The van der Waals surface area contributed by atoms with Crippen LogP contribution in [0.3, 0.4) is 0 Å². The lowest BCUT2D eigenvalue weighted by Crippen LogP contribution is -2.57. The van der Waals surface area contributed by atoms with Crippen molar-refractivity contribution in [2.45, 2.75) is 45.8 Å². The molecule has 3 heteroatoms. The Bertz CT molecular complexity index is 687. The second-order valence-electron chi connectivity index (χ2n) is 6.74. The summed E-state index contributed by atoms with van der Waals surface area (Å²) in [4.78, 5) is 5.41. The Hall–Kier alpha value is -1.32. The largest absolute Gasteiger partial charge is 0.343 e. The molecular formula is C19H27N3. The standard InChI is InChI=1S/C19H27N3/c1-4-20-12-13-21(5-2)19-17(20)10-11-22-16-9-7-6-8-15(16)14(3)18(19)22/h6-9,17,19H,4-5,10-13H2,1-3H3/t17-,19+/m0/s1. The van der Waals surface area contributed by atoms with Crippen LogP contribution in [0, 0.1) is 6.92 Å². The Morgan fingerprint density at radius 2 is 1.73 bits per heavy atom. The summed E-state index contributed by atoms with van der Waals surface area (Å²) in [5, 5.41) is 1.45. The van der Waals surface area contributed by atoms with E-state index in [1.165, 1.54) is 49.1 Å². The van der Waals surface area contributed by atoms with E-state index in [0.29, 0.717) is 12.1 Å². The molecule has 0 saturated carbocycles. The van der Waals surface area contributed by atoms with Crippen molar-refractivity contribution in [3.63, 3.8) is 0 Å². The van der Waals surface area contributed by atoms with E-state index in [9.17, 15) is 0 Å². The first kappa shape index (κ1) is 14.3. The van der Waals surface area contributed by atoms with Crippen molar-refractivity contribution in [1.29, 1.82) is 0 Å². The molecule has 1 aromatic carbocycles. The summed E-state index contributed by atoms with van der Waals surface area (Å²) in [6, 6.07) is 10.2. The zero-order valence-electron chi connectivity index (χ0n) is 14.0. The highest BCUT2D eigenvalue weighted by Gasteiger charge is 2.41. The summed E-state index contributed by atoms with van der Waals surface area (Å²) in [7, 11) is 0. The maximum absolute atomic E-state index is 2.71. The number of fused-ring (bicyclic) bond motifs is 5. The van der Waals surface area contributed by atoms with Crippen molar-refractivity contribution in [1.82, 2.24) is 14.4 Å². The molecule has 0 amide bonds. The van der Waals surface area contributed by atoms with Gasteiger partial charge in [-0.1, -0.05) is 32.0 Å². The van der Waals surface area contributed by atoms with Crippen molar-refractivity contribution in [2.75, 3.05) is 26.2 Å². The molecule has 2 aliphatic heterocycles. The summed E-state index contributed by atoms with van der Waals surface area (Å²) in [6.45, 7) is 12.9. The molecule has 0 spiro atoms. The molecule has 2 aromatic rings. The number of rotatable bonds is 2. The lowest BCUT2D eigenvalue weighted by molar-refractivity contribution is 0.00431. The lowest BCUT2D eigenvalue weighted by atomic mass is 9.90. The number of piperazine rings is 1. The number of nitrogens with zero attached hydrogens (tertiary/aromatic N) is 3. The van der Waals surface area contributed by atoms with Gasteiger partial charge in [-0.2, -0.15) is 0 Å². The molecule has 4 rings (SSSR count). The molecular weight excluding hydrogens is 270 g/mol. The number of benzene rings is 1. The van der Waals surface area contributed by atoms with Gasteiger partial charge in [0, 0.05) is 42.3 Å². The normalized spacial score (nSPS) is 26.1. The number of aromatic nitrogens is 1. The third kappa shape index (κ3) is 1.88. The molecule has 22 heavy (non-hydrogen) atoms. The fraction of sp³-hybridized carbons (Fsp3) is 0.579. The van der Waals surface area contributed by atoms with Crippen LogP contribution >= 0.6 is 0 Å². The topological polar surface area (TPSA) is 11.4 Å². The average Bonchev–Trinajstić information content (AvgIpc) is 2.87. The van der Waals surface area contributed by atoms with Crippen LogP contribution in [0.15, 0.2) is 24.3 Å². The van der Waals surface area contributed by atoms with Crippen molar-refractivity contribution in [3.05, 3.63) is 35.5 Å². The Balaban J connectivity index is 1.90. The maximum atomic E-state index is 2.71. The van der Waals surface area contributed by atoms with Crippen LogP contribution < -0.4 is 0 Å². The zero-order chi connectivity index (χ0) is 15.3. The van der Waals surface area contributed by atoms with Gasteiger partial charge in [-0.25, -0.2) is 0 Å². The summed E-state index contributed by atoms with van der Waals surface area (Å²) in [5.74, 6) is 0. The van der Waals surface area contributed by atoms with Gasteiger partial charge in [-0.05, 0) is 38.1 Å². The van der Waals surface area contributed by atoms with E-state index in [0.717, 1.165) is 6.54 Å². The number of likely N-dealkylation sites (N-methyl/N-ethyl adjacent to an activating group) is 2. The molecule has 3 heterocycles. The van der Waals surface area contributed by atoms with Crippen LogP contribution in [0.5, 0.6) is 0 Å². The van der Waals surface area contributed by atoms with Gasteiger partial charge in [0.1, 0.15) is 0 Å². The molecule has 0 N–H and O–H groups in total. The maximum Gasteiger partial charge on any atom is 0.0661 e. The molecule has 1 fully saturated rings. The van der Waals surface area contributed by atoms with Crippen LogP contribution in [0.1, 0.15) is 37.6 Å². The van der Waals surface area contributed by atoms with E-state index in [2.05, 4.69) is 59.4 Å². The third-order valence-electron chi connectivity index (χ3n) is 5.92. The third-order valence-corrected chi connectivity index (χ3v) is 5.92. The van der Waals surface area contributed by atoms with Crippen molar-refractivity contribution < 1.29 is 0 Å². The second-order valence-corrected chi connectivity index (χ2v) is 6.74. The molecule has 0 radical (unpaired) electrons. The van der Waals surface area contributed by atoms with Gasteiger partial charge in [-0.15, -0.1) is 0 Å². The first-order valence-corrected chi connectivity index (χ1v) is 8.82. The highest BCUT2D eigenvalue weighted by Crippen LogP contribution is 2.42. The number of hydrogen-bond donors (Lipinski definition) is 0. The number of hydrogen-bond acceptors (Lipinski definition) is 2. The molecule has 1 saturated heterocycles. The predicted octanol–water partition coefficient (Wildman–Crippen LogP) is 3.42. The van der Waals surface area contributed by atoms with Crippen LogP contribution in [0.25, 0.3) is 10.9 Å². The number of aryl methyl sites for hydroxylation is 2. The molecule has 3 nitrogen and oxygen atoms in total. The summed E-state index contributed by atoms with van der Waals surface area (Å²) < 4.78 is 2.60. The second kappa shape index (κ2) is 5.39.